The Hall–Kier alpha value is -1.36. The lowest BCUT2D eigenvalue weighted by Gasteiger charge is -2.41. The minimum absolute atomic E-state index is 0.194. The number of hydrogen-bond donors (Lipinski definition) is 1. The number of hydrogen-bond acceptors (Lipinski definition) is 2. The summed E-state index contributed by atoms with van der Waals surface area (Å²) in [6, 6.07) is 4.30. The number of aromatic amines is 1. The van der Waals surface area contributed by atoms with Gasteiger partial charge in [0.05, 0.1) is 11.0 Å². The third kappa shape index (κ3) is 2.04. The number of imidazole rings is 1. The summed E-state index contributed by atoms with van der Waals surface area (Å²) in [6.45, 7) is 6.25. The van der Waals surface area contributed by atoms with Gasteiger partial charge in [0.2, 0.25) is 0 Å². The number of H-pyrrole nitrogens is 1. The van der Waals surface area contributed by atoms with E-state index >= 15 is 0 Å². The van der Waals surface area contributed by atoms with E-state index in [0.29, 0.717) is 22.4 Å². The van der Waals surface area contributed by atoms with E-state index < -0.39 is 0 Å². The van der Waals surface area contributed by atoms with Crippen molar-refractivity contribution >= 4 is 23.3 Å². The van der Waals surface area contributed by atoms with Crippen LogP contribution in [0.5, 0.6) is 0 Å². The van der Waals surface area contributed by atoms with Gasteiger partial charge >= 0.3 is 0 Å². The molecule has 1 fully saturated rings. The Kier molecular flexibility index (Phi) is 3.32. The number of benzene rings is 1. The van der Waals surface area contributed by atoms with Gasteiger partial charge in [-0.1, -0.05) is 0 Å². The van der Waals surface area contributed by atoms with Gasteiger partial charge in [0.1, 0.15) is 5.82 Å². The standard InChI is InChI=1S/C15H20FN3S/c1-9-7-14-13(8-12(9)16)17-15(20)19(14)18-10(2)5-4-6-11(18)3/h7-8,10-11H,4-6H2,1-3H3,(H,17,20). The quantitative estimate of drug-likeness (QED) is 0.802. The molecule has 3 nitrogen and oxygen atoms in total. The summed E-state index contributed by atoms with van der Waals surface area (Å²) in [5, 5.41) is 2.34. The van der Waals surface area contributed by atoms with Gasteiger partial charge in [-0.25, -0.2) is 9.07 Å². The number of nitrogens with zero attached hydrogens (tertiary/aromatic N) is 2. The van der Waals surface area contributed by atoms with Crippen molar-refractivity contribution in [2.75, 3.05) is 5.01 Å². The highest BCUT2D eigenvalue weighted by molar-refractivity contribution is 7.71. The molecule has 20 heavy (non-hydrogen) atoms. The van der Waals surface area contributed by atoms with Crippen LogP contribution in [-0.2, 0) is 0 Å². The molecule has 2 unspecified atom stereocenters. The number of nitrogens with one attached hydrogen (secondary N) is 1. The fourth-order valence-electron chi connectivity index (χ4n) is 3.25. The monoisotopic (exact) mass is 293 g/mol. The lowest BCUT2D eigenvalue weighted by atomic mass is 10.00. The molecule has 0 saturated carbocycles. The summed E-state index contributed by atoms with van der Waals surface area (Å²) in [4.78, 5) is 3.13. The lowest BCUT2D eigenvalue weighted by Crippen LogP contribution is -2.51. The smallest absolute Gasteiger partial charge is 0.197 e. The van der Waals surface area contributed by atoms with Crippen LogP contribution in [0, 0.1) is 17.5 Å². The van der Waals surface area contributed by atoms with E-state index in [1.807, 2.05) is 6.07 Å². The number of aryl methyl sites for hydroxylation is 1. The van der Waals surface area contributed by atoms with E-state index in [2.05, 4.69) is 28.5 Å². The first-order valence-electron chi connectivity index (χ1n) is 7.18. The molecule has 1 aliphatic rings. The molecule has 108 valence electrons. The molecule has 0 amide bonds. The number of aromatic nitrogens is 2. The molecular weight excluding hydrogens is 273 g/mol. The average molecular weight is 293 g/mol. The third-order valence-corrected chi connectivity index (χ3v) is 4.59. The van der Waals surface area contributed by atoms with Crippen LogP contribution >= 0.6 is 12.2 Å². The first kappa shape index (κ1) is 13.6. The zero-order valence-electron chi connectivity index (χ0n) is 12.1. The molecule has 5 heteroatoms. The molecule has 0 radical (unpaired) electrons. The molecule has 1 aromatic carbocycles. The van der Waals surface area contributed by atoms with Crippen molar-refractivity contribution in [3.63, 3.8) is 0 Å². The summed E-state index contributed by atoms with van der Waals surface area (Å²) in [7, 11) is 0. The van der Waals surface area contributed by atoms with E-state index in [4.69, 9.17) is 12.2 Å². The summed E-state index contributed by atoms with van der Waals surface area (Å²) < 4.78 is 16.4. The predicted molar refractivity (Wildman–Crippen MR) is 82.8 cm³/mol. The summed E-state index contributed by atoms with van der Waals surface area (Å²) in [5.41, 5.74) is 2.38. The number of halogens is 1. The molecule has 0 bridgehead atoms. The maximum Gasteiger partial charge on any atom is 0.197 e. The molecule has 0 aliphatic carbocycles. The van der Waals surface area contributed by atoms with Crippen LogP contribution in [0.3, 0.4) is 0 Å². The van der Waals surface area contributed by atoms with Crippen molar-refractivity contribution in [2.45, 2.75) is 52.1 Å². The van der Waals surface area contributed by atoms with Crippen LogP contribution in [0.2, 0.25) is 0 Å². The predicted octanol–water partition coefficient (Wildman–Crippen LogP) is 4.05. The fourth-order valence-corrected chi connectivity index (χ4v) is 3.55. The minimum atomic E-state index is -0.194. The fraction of sp³-hybridized carbons (Fsp3) is 0.533. The van der Waals surface area contributed by atoms with Crippen LogP contribution in [0.15, 0.2) is 12.1 Å². The second kappa shape index (κ2) is 4.88. The SMILES string of the molecule is Cc1cc2c(cc1F)[nH]c(=S)n2N1C(C)CCCC1C. The van der Waals surface area contributed by atoms with Gasteiger partial charge in [0.15, 0.2) is 4.77 Å². The van der Waals surface area contributed by atoms with Crippen molar-refractivity contribution in [1.29, 1.82) is 0 Å². The maximum atomic E-state index is 13.7. The molecule has 2 aromatic rings. The van der Waals surface area contributed by atoms with E-state index in [-0.39, 0.29) is 5.82 Å². The third-order valence-electron chi connectivity index (χ3n) is 4.32. The van der Waals surface area contributed by atoms with E-state index in [9.17, 15) is 4.39 Å². The van der Waals surface area contributed by atoms with Gasteiger partial charge in [-0.05, 0) is 69.9 Å². The average Bonchev–Trinajstić information content (AvgIpc) is 2.67. The topological polar surface area (TPSA) is 24.0 Å². The number of piperidine rings is 1. The van der Waals surface area contributed by atoms with Crippen LogP contribution in [0.1, 0.15) is 38.7 Å². The Labute approximate surface area is 123 Å². The molecule has 1 N–H and O–H groups in total. The van der Waals surface area contributed by atoms with Gasteiger partial charge in [-0.15, -0.1) is 0 Å². The van der Waals surface area contributed by atoms with Crippen LogP contribution in [-0.4, -0.2) is 21.7 Å². The van der Waals surface area contributed by atoms with Crippen molar-refractivity contribution in [1.82, 2.24) is 9.66 Å². The van der Waals surface area contributed by atoms with Crippen molar-refractivity contribution in [2.24, 2.45) is 0 Å². The van der Waals surface area contributed by atoms with Gasteiger partial charge in [-0.3, -0.25) is 0 Å². The lowest BCUT2D eigenvalue weighted by molar-refractivity contribution is 0.339. The molecular formula is C15H20FN3S. The summed E-state index contributed by atoms with van der Waals surface area (Å²) in [6.07, 6.45) is 3.58. The Balaban J connectivity index is 2.22. The molecule has 2 heterocycles. The summed E-state index contributed by atoms with van der Waals surface area (Å²) in [5.74, 6) is -0.194. The van der Waals surface area contributed by atoms with E-state index in [1.54, 1.807) is 6.92 Å². The Morgan fingerprint density at radius 1 is 1.25 bits per heavy atom. The van der Waals surface area contributed by atoms with Crippen molar-refractivity contribution in [3.05, 3.63) is 28.3 Å². The highest BCUT2D eigenvalue weighted by Gasteiger charge is 2.27. The van der Waals surface area contributed by atoms with E-state index in [1.165, 1.54) is 25.3 Å². The first-order valence-corrected chi connectivity index (χ1v) is 7.59. The van der Waals surface area contributed by atoms with Crippen LogP contribution in [0.4, 0.5) is 4.39 Å². The Morgan fingerprint density at radius 2 is 1.90 bits per heavy atom. The van der Waals surface area contributed by atoms with Gasteiger partial charge < -0.3 is 9.99 Å². The molecule has 0 spiro atoms. The highest BCUT2D eigenvalue weighted by atomic mass is 32.1. The molecule has 1 aliphatic heterocycles. The zero-order valence-corrected chi connectivity index (χ0v) is 12.9. The molecule has 1 aromatic heterocycles. The highest BCUT2D eigenvalue weighted by Crippen LogP contribution is 2.26. The molecule has 2 atom stereocenters. The minimum Gasteiger partial charge on any atom is -0.329 e. The van der Waals surface area contributed by atoms with Crippen molar-refractivity contribution in [3.8, 4) is 0 Å². The van der Waals surface area contributed by atoms with Crippen molar-refractivity contribution < 1.29 is 4.39 Å². The number of fused-ring (bicyclic) bond motifs is 1. The Morgan fingerprint density at radius 3 is 2.55 bits per heavy atom. The van der Waals surface area contributed by atoms with Gasteiger partial charge in [0.25, 0.3) is 0 Å². The van der Waals surface area contributed by atoms with E-state index in [0.717, 1.165) is 11.0 Å². The summed E-state index contributed by atoms with van der Waals surface area (Å²) >= 11 is 5.47. The second-order valence-electron chi connectivity index (χ2n) is 5.87. The zero-order chi connectivity index (χ0) is 14.4. The molecule has 1 saturated heterocycles. The largest absolute Gasteiger partial charge is 0.329 e. The van der Waals surface area contributed by atoms with Crippen LogP contribution < -0.4 is 5.01 Å². The maximum absolute atomic E-state index is 13.7. The molecule has 3 rings (SSSR count). The Bertz CT molecular complexity index is 693. The number of rotatable bonds is 1. The normalized spacial score (nSPS) is 23.5. The van der Waals surface area contributed by atoms with Crippen LogP contribution in [0.25, 0.3) is 11.0 Å². The van der Waals surface area contributed by atoms with Gasteiger partial charge in [0, 0.05) is 12.1 Å². The first-order chi connectivity index (χ1) is 9.49. The van der Waals surface area contributed by atoms with Gasteiger partial charge in [-0.2, -0.15) is 0 Å². The second-order valence-corrected chi connectivity index (χ2v) is 6.26.